The zero-order valence-corrected chi connectivity index (χ0v) is 28.4. The van der Waals surface area contributed by atoms with E-state index in [-0.39, 0.29) is 18.0 Å². The largest absolute Gasteiger partial charge is 0.456 e. The minimum atomic E-state index is -1.38. The Morgan fingerprint density at radius 2 is 1.25 bits per heavy atom. The number of nitrogens with one attached hydrogen (secondary N) is 2. The zero-order chi connectivity index (χ0) is 35.4. The number of esters is 1. The molecule has 3 N–H and O–H groups in total. The first-order valence-electron chi connectivity index (χ1n) is 16.6. The van der Waals surface area contributed by atoms with Gasteiger partial charge in [-0.25, -0.2) is 9.78 Å². The fraction of sp³-hybridized carbons (Fsp3) is 0.211. The molecule has 256 valence electrons. The molecule has 0 saturated heterocycles. The van der Waals surface area contributed by atoms with E-state index in [0.29, 0.717) is 30.4 Å². The number of rotatable bonds is 12. The third kappa shape index (κ3) is 7.05. The minimum absolute atomic E-state index is 0.0413. The highest BCUT2D eigenvalue weighted by Gasteiger charge is 2.32. The normalized spacial score (nSPS) is 11.5. The van der Waals surface area contributed by atoms with Crippen LogP contribution in [0.2, 0.25) is 0 Å². The van der Waals surface area contributed by atoms with Crippen LogP contribution in [0.25, 0.3) is 45.0 Å². The predicted octanol–water partition coefficient (Wildman–Crippen LogP) is 6.16. The number of hydrogen-bond acceptors (Lipinski definition) is 10. The van der Waals surface area contributed by atoms with Crippen LogP contribution in [-0.2, 0) is 29.9 Å². The first-order chi connectivity index (χ1) is 24.8. The lowest BCUT2D eigenvalue weighted by atomic mass is 9.98. The number of aromatic nitrogens is 10. The van der Waals surface area contributed by atoms with Crippen molar-refractivity contribution in [2.75, 3.05) is 0 Å². The maximum absolute atomic E-state index is 13.9. The Kier molecular flexibility index (Phi) is 9.27. The maximum Gasteiger partial charge on any atom is 0.357 e. The topological polar surface area (TPSA) is 173 Å². The summed E-state index contributed by atoms with van der Waals surface area (Å²) >= 11 is 0. The molecule has 0 spiro atoms. The van der Waals surface area contributed by atoms with Gasteiger partial charge in [0.05, 0.1) is 0 Å². The molecule has 0 aliphatic rings. The van der Waals surface area contributed by atoms with Gasteiger partial charge in [-0.3, -0.25) is 0 Å². The molecule has 0 aliphatic heterocycles. The smallest absolute Gasteiger partial charge is 0.357 e. The summed E-state index contributed by atoms with van der Waals surface area (Å²) < 4.78 is 7.79. The summed E-state index contributed by atoms with van der Waals surface area (Å²) in [4.78, 5) is 18.7. The van der Waals surface area contributed by atoms with E-state index in [0.717, 1.165) is 50.9 Å². The molecule has 13 heteroatoms. The highest BCUT2D eigenvalue weighted by atomic mass is 16.5. The molecular weight excluding hydrogens is 644 g/mol. The summed E-state index contributed by atoms with van der Waals surface area (Å²) in [5, 5.41) is 40.1. The summed E-state index contributed by atoms with van der Waals surface area (Å²) in [5.74, 6) is 1.17. The molecule has 51 heavy (non-hydrogen) atoms. The molecule has 0 amide bonds. The molecule has 4 aromatic carbocycles. The van der Waals surface area contributed by atoms with Crippen molar-refractivity contribution >= 4 is 5.97 Å². The number of ether oxygens (including phenoxy) is 1. The van der Waals surface area contributed by atoms with Crippen LogP contribution in [0.4, 0.5) is 0 Å². The van der Waals surface area contributed by atoms with Crippen LogP contribution in [0, 0.1) is 0 Å². The second-order valence-electron chi connectivity index (χ2n) is 12.7. The fourth-order valence-electron chi connectivity index (χ4n) is 6.10. The van der Waals surface area contributed by atoms with Gasteiger partial charge in [-0.15, -0.1) is 20.4 Å². The third-order valence-corrected chi connectivity index (χ3v) is 8.56. The second kappa shape index (κ2) is 14.3. The number of carbonyl (C=O) groups is 1. The van der Waals surface area contributed by atoms with Crippen LogP contribution < -0.4 is 0 Å². The van der Waals surface area contributed by atoms with Crippen molar-refractivity contribution in [3.05, 3.63) is 125 Å². The van der Waals surface area contributed by atoms with Crippen molar-refractivity contribution in [1.82, 2.24) is 50.8 Å². The number of aryl methyl sites for hydroxylation is 1. The van der Waals surface area contributed by atoms with Gasteiger partial charge in [-0.2, -0.15) is 10.4 Å². The molecule has 3 aromatic heterocycles. The van der Waals surface area contributed by atoms with Crippen LogP contribution in [0.3, 0.4) is 0 Å². The number of carbonyl (C=O) groups excluding carboxylic acids is 1. The number of nitrogens with zero attached hydrogens (tertiary/aromatic N) is 8. The molecule has 0 atom stereocenters. The minimum Gasteiger partial charge on any atom is -0.456 e. The number of hydrogen-bond donors (Lipinski definition) is 3. The Labute approximate surface area is 293 Å². The van der Waals surface area contributed by atoms with Crippen LogP contribution in [0.5, 0.6) is 0 Å². The molecule has 0 bridgehead atoms. The van der Waals surface area contributed by atoms with Crippen LogP contribution in [-0.4, -0.2) is 61.9 Å². The molecule has 13 nitrogen and oxygen atoms in total. The van der Waals surface area contributed by atoms with E-state index in [2.05, 4.69) is 48.2 Å². The summed E-state index contributed by atoms with van der Waals surface area (Å²) in [5.41, 5.74) is 6.50. The monoisotopic (exact) mass is 680 g/mol. The van der Waals surface area contributed by atoms with E-state index >= 15 is 0 Å². The number of aliphatic hydroxyl groups is 1. The van der Waals surface area contributed by atoms with Crippen molar-refractivity contribution in [2.24, 2.45) is 0 Å². The Hall–Kier alpha value is -6.34. The molecule has 0 fully saturated rings. The number of imidazole rings is 1. The van der Waals surface area contributed by atoms with Gasteiger partial charge in [-0.05, 0) is 64.1 Å². The third-order valence-electron chi connectivity index (χ3n) is 8.56. The summed E-state index contributed by atoms with van der Waals surface area (Å²) in [6.45, 7) is 5.73. The van der Waals surface area contributed by atoms with Crippen LogP contribution >= 0.6 is 0 Å². The van der Waals surface area contributed by atoms with E-state index in [1.807, 2.05) is 102 Å². The first-order valence-corrected chi connectivity index (χ1v) is 16.6. The lowest BCUT2D eigenvalue weighted by Gasteiger charge is -2.18. The molecule has 0 radical (unpaired) electrons. The number of tetrazole rings is 2. The lowest BCUT2D eigenvalue weighted by molar-refractivity contribution is 0.0421. The van der Waals surface area contributed by atoms with Crippen LogP contribution in [0.15, 0.2) is 97.1 Å². The standard InChI is InChI=1S/C38H36N10O3/c1-4-9-32-39-34(38(2,3)50)33(48(32)22-24-14-18-26(19-15-24)28-10-5-7-12-30(28)35-40-44-45-41-35)37(49)51-23-25-16-20-27(21-17-25)29-11-6-8-13-31(29)36-42-46-47-43-36/h5-8,10-21,50H,4,9,22-23H2,1-3H3,(H,40,41,44,45)(H,42,43,46,47). The molecule has 7 rings (SSSR count). The average molecular weight is 681 g/mol. The predicted molar refractivity (Wildman–Crippen MR) is 190 cm³/mol. The van der Waals surface area contributed by atoms with Crippen molar-refractivity contribution in [1.29, 1.82) is 0 Å². The highest BCUT2D eigenvalue weighted by molar-refractivity contribution is 5.89. The molecule has 3 heterocycles. The van der Waals surface area contributed by atoms with E-state index in [1.165, 1.54) is 0 Å². The summed E-state index contributed by atoms with van der Waals surface area (Å²) in [6, 6.07) is 31.6. The Balaban J connectivity index is 1.14. The summed E-state index contributed by atoms with van der Waals surface area (Å²) in [7, 11) is 0. The number of H-pyrrole nitrogens is 2. The van der Waals surface area contributed by atoms with Gasteiger partial charge in [0.25, 0.3) is 0 Å². The number of aromatic amines is 2. The van der Waals surface area contributed by atoms with Gasteiger partial charge in [0, 0.05) is 24.1 Å². The first kappa shape index (κ1) is 33.2. The van der Waals surface area contributed by atoms with Crippen LogP contribution in [0.1, 0.15) is 60.3 Å². The van der Waals surface area contributed by atoms with Crippen molar-refractivity contribution in [3.8, 4) is 45.0 Å². The second-order valence-corrected chi connectivity index (χ2v) is 12.7. The van der Waals surface area contributed by atoms with Gasteiger partial charge in [0.1, 0.15) is 23.7 Å². The van der Waals surface area contributed by atoms with E-state index in [1.54, 1.807) is 13.8 Å². The van der Waals surface area contributed by atoms with Gasteiger partial charge < -0.3 is 14.4 Å². The summed E-state index contributed by atoms with van der Waals surface area (Å²) in [6.07, 6.45) is 1.43. The zero-order valence-electron chi connectivity index (χ0n) is 28.4. The van der Waals surface area contributed by atoms with Crippen molar-refractivity contribution in [3.63, 3.8) is 0 Å². The Morgan fingerprint density at radius 3 is 1.73 bits per heavy atom. The van der Waals surface area contributed by atoms with E-state index < -0.39 is 11.6 Å². The highest BCUT2D eigenvalue weighted by Crippen LogP contribution is 2.32. The Bertz CT molecular complexity index is 2240. The molecule has 0 unspecified atom stereocenters. The molecule has 7 aromatic rings. The molecule has 0 saturated carbocycles. The van der Waals surface area contributed by atoms with Gasteiger partial charge in [0.15, 0.2) is 5.69 Å². The van der Waals surface area contributed by atoms with Gasteiger partial charge in [-0.1, -0.05) is 104 Å². The van der Waals surface area contributed by atoms with Crippen molar-refractivity contribution in [2.45, 2.75) is 52.4 Å². The van der Waals surface area contributed by atoms with Crippen molar-refractivity contribution < 1.29 is 14.6 Å². The van der Waals surface area contributed by atoms with Gasteiger partial charge in [0.2, 0.25) is 11.6 Å². The SMILES string of the molecule is CCCc1nc(C(C)(C)O)c(C(=O)OCc2ccc(-c3ccccc3-c3nn[nH]n3)cc2)n1Cc1ccc(-c2ccccc2-c2nn[nH]n2)cc1. The molecular formula is C38H36N10O3. The number of benzene rings is 4. The van der Waals surface area contributed by atoms with E-state index in [4.69, 9.17) is 9.72 Å². The van der Waals surface area contributed by atoms with E-state index in [9.17, 15) is 9.90 Å². The fourth-order valence-corrected chi connectivity index (χ4v) is 6.10. The Morgan fingerprint density at radius 1 is 0.745 bits per heavy atom. The quantitative estimate of drug-likeness (QED) is 0.127. The average Bonchev–Trinajstić information content (AvgIpc) is 3.95. The maximum atomic E-state index is 13.9. The van der Waals surface area contributed by atoms with Gasteiger partial charge >= 0.3 is 5.97 Å². The molecule has 0 aliphatic carbocycles. The lowest BCUT2D eigenvalue weighted by Crippen LogP contribution is -2.23.